The Kier molecular flexibility index (Phi) is 3.54. The van der Waals surface area contributed by atoms with Gasteiger partial charge in [-0.1, -0.05) is 35.0 Å². The molecule has 2 aromatic rings. The van der Waals surface area contributed by atoms with Gasteiger partial charge in [-0.05, 0) is 12.5 Å². The summed E-state index contributed by atoms with van der Waals surface area (Å²) in [4.78, 5) is 0. The molecule has 1 unspecified atom stereocenters. The first kappa shape index (κ1) is 11.8. The Labute approximate surface area is 101 Å². The number of aryl methyl sites for hydroxylation is 2. The molecule has 4 heteroatoms. The molecule has 2 rings (SSSR count). The number of aromatic nitrogens is 3. The van der Waals surface area contributed by atoms with Crippen LogP contribution in [0.4, 0.5) is 0 Å². The molecule has 90 valence electrons. The van der Waals surface area contributed by atoms with E-state index in [2.05, 4.69) is 41.5 Å². The highest BCUT2D eigenvalue weighted by Gasteiger charge is 2.13. The molecule has 0 aliphatic carbocycles. The quantitative estimate of drug-likeness (QED) is 0.866. The Balaban J connectivity index is 2.13. The fourth-order valence-corrected chi connectivity index (χ4v) is 1.87. The van der Waals surface area contributed by atoms with Crippen molar-refractivity contribution in [2.75, 3.05) is 6.61 Å². The summed E-state index contributed by atoms with van der Waals surface area (Å²) in [7, 11) is 1.84. The lowest BCUT2D eigenvalue weighted by atomic mass is 9.94. The molecule has 0 spiro atoms. The molecule has 0 radical (unpaired) electrons. The molecule has 0 saturated heterocycles. The zero-order valence-electron chi connectivity index (χ0n) is 10.2. The molecule has 0 aliphatic heterocycles. The summed E-state index contributed by atoms with van der Waals surface area (Å²) in [6.45, 7) is 2.18. The van der Waals surface area contributed by atoms with Crippen molar-refractivity contribution in [1.82, 2.24) is 15.0 Å². The van der Waals surface area contributed by atoms with Crippen molar-refractivity contribution in [3.63, 3.8) is 0 Å². The average molecular weight is 231 g/mol. The van der Waals surface area contributed by atoms with Gasteiger partial charge in [-0.2, -0.15) is 0 Å². The number of hydrogen-bond acceptors (Lipinski definition) is 3. The third-order valence-electron chi connectivity index (χ3n) is 2.87. The van der Waals surface area contributed by atoms with Crippen molar-refractivity contribution in [1.29, 1.82) is 0 Å². The largest absolute Gasteiger partial charge is 0.396 e. The van der Waals surface area contributed by atoms with E-state index in [1.165, 1.54) is 5.56 Å². The van der Waals surface area contributed by atoms with Crippen molar-refractivity contribution >= 4 is 0 Å². The normalized spacial score (nSPS) is 12.6. The number of nitrogens with zero attached hydrogens (tertiary/aromatic N) is 3. The fourth-order valence-electron chi connectivity index (χ4n) is 1.87. The Morgan fingerprint density at radius 3 is 2.53 bits per heavy atom. The molecular formula is C13H17N3O. The van der Waals surface area contributed by atoms with Crippen LogP contribution in [0, 0.1) is 6.92 Å². The lowest BCUT2D eigenvalue weighted by Crippen LogP contribution is -2.08. The monoisotopic (exact) mass is 231 g/mol. The highest BCUT2D eigenvalue weighted by Crippen LogP contribution is 2.19. The maximum Gasteiger partial charge on any atom is 0.0833 e. The van der Waals surface area contributed by atoms with Gasteiger partial charge in [-0.15, -0.1) is 5.10 Å². The predicted molar refractivity (Wildman–Crippen MR) is 65.7 cm³/mol. The third kappa shape index (κ3) is 2.91. The van der Waals surface area contributed by atoms with E-state index in [4.69, 9.17) is 0 Å². The van der Waals surface area contributed by atoms with Crippen molar-refractivity contribution in [2.24, 2.45) is 7.05 Å². The van der Waals surface area contributed by atoms with Crippen LogP contribution in [0.3, 0.4) is 0 Å². The van der Waals surface area contributed by atoms with E-state index < -0.39 is 0 Å². The Hall–Kier alpha value is -1.68. The van der Waals surface area contributed by atoms with Gasteiger partial charge in [0, 0.05) is 25.6 Å². The molecule has 0 amide bonds. The van der Waals surface area contributed by atoms with Gasteiger partial charge in [0.15, 0.2) is 0 Å². The van der Waals surface area contributed by atoms with Gasteiger partial charge in [0.25, 0.3) is 0 Å². The Morgan fingerprint density at radius 1 is 1.29 bits per heavy atom. The molecule has 17 heavy (non-hydrogen) atoms. The summed E-state index contributed by atoms with van der Waals surface area (Å²) < 4.78 is 1.68. The van der Waals surface area contributed by atoms with Gasteiger partial charge in [0.05, 0.1) is 12.3 Å². The van der Waals surface area contributed by atoms with E-state index in [-0.39, 0.29) is 12.5 Å². The topological polar surface area (TPSA) is 50.9 Å². The number of aliphatic hydroxyl groups is 1. The number of hydrogen-bond donors (Lipinski definition) is 1. The second-order valence-electron chi connectivity index (χ2n) is 4.38. The molecule has 1 heterocycles. The third-order valence-corrected chi connectivity index (χ3v) is 2.87. The molecule has 0 saturated carbocycles. The first-order chi connectivity index (χ1) is 8.19. The highest BCUT2D eigenvalue weighted by atomic mass is 16.3. The van der Waals surface area contributed by atoms with Gasteiger partial charge in [-0.25, -0.2) is 0 Å². The molecular weight excluding hydrogens is 214 g/mol. The van der Waals surface area contributed by atoms with E-state index in [0.29, 0.717) is 6.42 Å². The van der Waals surface area contributed by atoms with Crippen molar-refractivity contribution < 1.29 is 5.11 Å². The smallest absolute Gasteiger partial charge is 0.0833 e. The minimum absolute atomic E-state index is 0.0901. The zero-order valence-corrected chi connectivity index (χ0v) is 10.2. The molecule has 1 N–H and O–H groups in total. The molecule has 1 aromatic heterocycles. The van der Waals surface area contributed by atoms with Crippen molar-refractivity contribution in [3.05, 3.63) is 47.3 Å². The molecule has 1 atom stereocenters. The predicted octanol–water partition coefficient (Wildman–Crippen LogP) is 1.44. The maximum atomic E-state index is 9.46. The van der Waals surface area contributed by atoms with Gasteiger partial charge in [0.1, 0.15) is 0 Å². The van der Waals surface area contributed by atoms with E-state index in [9.17, 15) is 5.11 Å². The van der Waals surface area contributed by atoms with Gasteiger partial charge in [-0.3, -0.25) is 4.68 Å². The summed E-state index contributed by atoms with van der Waals surface area (Å²) in [5.41, 5.74) is 3.28. The first-order valence-electron chi connectivity index (χ1n) is 5.71. The SMILES string of the molecule is Cc1ccc(C(CO)Cc2cn(C)nn2)cc1. The number of benzene rings is 1. The molecule has 0 bridgehead atoms. The summed E-state index contributed by atoms with van der Waals surface area (Å²) in [5, 5.41) is 17.4. The van der Waals surface area contributed by atoms with Crippen LogP contribution in [0.25, 0.3) is 0 Å². The zero-order chi connectivity index (χ0) is 12.3. The first-order valence-corrected chi connectivity index (χ1v) is 5.71. The lowest BCUT2D eigenvalue weighted by molar-refractivity contribution is 0.264. The number of rotatable bonds is 4. The van der Waals surface area contributed by atoms with E-state index in [1.807, 2.05) is 13.2 Å². The minimum atomic E-state index is 0.0901. The Bertz CT molecular complexity index is 476. The molecule has 4 nitrogen and oxygen atoms in total. The van der Waals surface area contributed by atoms with Gasteiger partial charge >= 0.3 is 0 Å². The van der Waals surface area contributed by atoms with Crippen LogP contribution in [-0.4, -0.2) is 26.7 Å². The Morgan fingerprint density at radius 2 is 2.00 bits per heavy atom. The summed E-state index contributed by atoms with van der Waals surface area (Å²) in [5.74, 6) is 0.0901. The second-order valence-corrected chi connectivity index (χ2v) is 4.38. The van der Waals surface area contributed by atoms with Crippen LogP contribution < -0.4 is 0 Å². The number of aliphatic hydroxyl groups excluding tert-OH is 1. The van der Waals surface area contributed by atoms with Crippen LogP contribution in [0.1, 0.15) is 22.7 Å². The van der Waals surface area contributed by atoms with E-state index in [1.54, 1.807) is 4.68 Å². The summed E-state index contributed by atoms with van der Waals surface area (Å²) in [6.07, 6.45) is 2.60. The molecule has 0 fully saturated rings. The van der Waals surface area contributed by atoms with Crippen molar-refractivity contribution in [2.45, 2.75) is 19.3 Å². The van der Waals surface area contributed by atoms with Crippen LogP contribution >= 0.6 is 0 Å². The van der Waals surface area contributed by atoms with Crippen LogP contribution in [0.15, 0.2) is 30.5 Å². The van der Waals surface area contributed by atoms with Crippen LogP contribution in [0.2, 0.25) is 0 Å². The standard InChI is InChI=1S/C13H17N3O/c1-10-3-5-11(6-4-10)12(9-17)7-13-8-16(2)15-14-13/h3-6,8,12,17H,7,9H2,1-2H3. The second kappa shape index (κ2) is 5.10. The van der Waals surface area contributed by atoms with Gasteiger partial charge < -0.3 is 5.11 Å². The summed E-state index contributed by atoms with van der Waals surface area (Å²) >= 11 is 0. The lowest BCUT2D eigenvalue weighted by Gasteiger charge is -2.13. The summed E-state index contributed by atoms with van der Waals surface area (Å²) in [6, 6.07) is 8.25. The highest BCUT2D eigenvalue weighted by molar-refractivity contribution is 5.25. The van der Waals surface area contributed by atoms with Gasteiger partial charge in [0.2, 0.25) is 0 Å². The average Bonchev–Trinajstić information content (AvgIpc) is 2.73. The van der Waals surface area contributed by atoms with Crippen molar-refractivity contribution in [3.8, 4) is 0 Å². The molecule has 1 aromatic carbocycles. The minimum Gasteiger partial charge on any atom is -0.396 e. The fraction of sp³-hybridized carbons (Fsp3) is 0.385. The van der Waals surface area contributed by atoms with E-state index >= 15 is 0 Å². The van der Waals surface area contributed by atoms with E-state index in [0.717, 1.165) is 11.3 Å². The maximum absolute atomic E-state index is 9.46. The molecule has 0 aliphatic rings. The van der Waals surface area contributed by atoms with Crippen LogP contribution in [0.5, 0.6) is 0 Å². The van der Waals surface area contributed by atoms with Crippen LogP contribution in [-0.2, 0) is 13.5 Å².